The number of hydrogen-bond acceptors (Lipinski definition) is 3. The smallest absolute Gasteiger partial charge is 0.253 e. The molecule has 2 aromatic carbocycles. The average molecular weight is 339 g/mol. The molecule has 0 saturated carbocycles. The number of hydrogen-bond donors (Lipinski definition) is 3. The van der Waals surface area contributed by atoms with Gasteiger partial charge in [-0.2, -0.15) is 5.10 Å². The molecule has 0 bridgehead atoms. The third-order valence-electron chi connectivity index (χ3n) is 4.11. The van der Waals surface area contributed by atoms with Crippen LogP contribution in [0, 0.1) is 6.92 Å². The molecule has 0 aliphatic carbocycles. The Morgan fingerprint density at radius 2 is 2.04 bits per heavy atom. The van der Waals surface area contributed by atoms with Crippen molar-refractivity contribution in [3.8, 4) is 0 Å². The number of aromatic amines is 2. The van der Waals surface area contributed by atoms with Gasteiger partial charge in [0.2, 0.25) is 0 Å². The van der Waals surface area contributed by atoms with E-state index in [0.29, 0.717) is 17.1 Å². The molecule has 0 unspecified atom stereocenters. The summed E-state index contributed by atoms with van der Waals surface area (Å²) in [4.78, 5) is 15.1. The second kappa shape index (κ2) is 5.69. The van der Waals surface area contributed by atoms with Gasteiger partial charge in [-0.05, 0) is 48.9 Å². The third-order valence-corrected chi connectivity index (χ3v) is 4.35. The van der Waals surface area contributed by atoms with Crippen molar-refractivity contribution < 1.29 is 0 Å². The first kappa shape index (κ1) is 14.8. The molecule has 0 aliphatic heterocycles. The fraction of sp³-hybridized carbons (Fsp3) is 0.111. The molecular formula is C18H15ClN4O. The average Bonchev–Trinajstić information content (AvgIpc) is 3.02. The Bertz CT molecular complexity index is 1110. The van der Waals surface area contributed by atoms with E-state index in [1.165, 1.54) is 0 Å². The van der Waals surface area contributed by atoms with E-state index in [2.05, 4.69) is 20.5 Å². The third kappa shape index (κ3) is 2.63. The van der Waals surface area contributed by atoms with Crippen molar-refractivity contribution in [1.29, 1.82) is 0 Å². The van der Waals surface area contributed by atoms with E-state index in [9.17, 15) is 4.79 Å². The highest BCUT2D eigenvalue weighted by atomic mass is 35.5. The van der Waals surface area contributed by atoms with Gasteiger partial charge >= 0.3 is 0 Å². The molecule has 3 N–H and O–H groups in total. The number of nitrogens with one attached hydrogen (secondary N) is 3. The maximum Gasteiger partial charge on any atom is 0.253 e. The van der Waals surface area contributed by atoms with Crippen LogP contribution in [0.1, 0.15) is 11.1 Å². The molecule has 0 fully saturated rings. The van der Waals surface area contributed by atoms with Crippen LogP contribution in [-0.4, -0.2) is 15.2 Å². The zero-order chi connectivity index (χ0) is 16.7. The molecule has 0 aliphatic rings. The van der Waals surface area contributed by atoms with Crippen LogP contribution < -0.4 is 10.9 Å². The van der Waals surface area contributed by atoms with Crippen LogP contribution in [0.3, 0.4) is 0 Å². The predicted octanol–water partition coefficient (Wildman–Crippen LogP) is 3.98. The summed E-state index contributed by atoms with van der Waals surface area (Å²) in [6, 6.07) is 11.3. The Labute approximate surface area is 142 Å². The van der Waals surface area contributed by atoms with Crippen LogP contribution in [0.4, 0.5) is 5.69 Å². The molecular weight excluding hydrogens is 324 g/mol. The fourth-order valence-electron chi connectivity index (χ4n) is 2.89. The Balaban J connectivity index is 1.65. The molecule has 0 saturated heterocycles. The number of nitrogens with zero attached hydrogens (tertiary/aromatic N) is 1. The monoisotopic (exact) mass is 338 g/mol. The molecule has 0 amide bonds. The second-order valence-corrected chi connectivity index (χ2v) is 6.27. The van der Waals surface area contributed by atoms with Gasteiger partial charge in [-0.25, -0.2) is 0 Å². The highest BCUT2D eigenvalue weighted by Gasteiger charge is 2.06. The lowest BCUT2D eigenvalue weighted by atomic mass is 10.1. The van der Waals surface area contributed by atoms with E-state index >= 15 is 0 Å². The van der Waals surface area contributed by atoms with Crippen LogP contribution >= 0.6 is 11.6 Å². The number of aryl methyl sites for hydroxylation is 1. The molecule has 4 rings (SSSR count). The summed E-state index contributed by atoms with van der Waals surface area (Å²) in [6.45, 7) is 2.46. The molecule has 4 aromatic rings. The Kier molecular flexibility index (Phi) is 3.50. The summed E-state index contributed by atoms with van der Waals surface area (Å²) >= 11 is 6.03. The van der Waals surface area contributed by atoms with Crippen molar-refractivity contribution in [2.75, 3.05) is 5.32 Å². The van der Waals surface area contributed by atoms with Crippen molar-refractivity contribution in [3.63, 3.8) is 0 Å². The highest BCUT2D eigenvalue weighted by Crippen LogP contribution is 2.22. The number of H-pyrrole nitrogens is 2. The van der Waals surface area contributed by atoms with Gasteiger partial charge in [-0.1, -0.05) is 11.6 Å². The van der Waals surface area contributed by atoms with E-state index in [-0.39, 0.29) is 5.56 Å². The molecule has 120 valence electrons. The second-order valence-electron chi connectivity index (χ2n) is 5.84. The molecule has 2 aromatic heterocycles. The first-order valence-electron chi connectivity index (χ1n) is 7.59. The van der Waals surface area contributed by atoms with Crippen LogP contribution in [0.5, 0.6) is 0 Å². The number of anilines is 1. The zero-order valence-electron chi connectivity index (χ0n) is 13.0. The number of rotatable bonds is 3. The Morgan fingerprint density at radius 1 is 1.17 bits per heavy atom. The van der Waals surface area contributed by atoms with Gasteiger partial charge in [-0.15, -0.1) is 0 Å². The van der Waals surface area contributed by atoms with Crippen molar-refractivity contribution >= 4 is 39.1 Å². The van der Waals surface area contributed by atoms with Gasteiger partial charge in [0.1, 0.15) is 0 Å². The summed E-state index contributed by atoms with van der Waals surface area (Å²) < 4.78 is 0. The zero-order valence-corrected chi connectivity index (χ0v) is 13.7. The van der Waals surface area contributed by atoms with Crippen LogP contribution in [-0.2, 0) is 6.54 Å². The SMILES string of the molecule is Cc1cc(NCc2cc3cc(Cl)ccc3[nH]c2=O)cc2cn[nH]c12. The summed E-state index contributed by atoms with van der Waals surface area (Å²) in [5.41, 5.74) is 4.43. The predicted molar refractivity (Wildman–Crippen MR) is 97.7 cm³/mol. The standard InChI is InChI=1S/C18H15ClN4O/c1-10-4-15(7-12-9-21-23-17(10)12)20-8-13-5-11-6-14(19)2-3-16(11)22-18(13)24/h2-7,9,20H,8H2,1H3,(H,21,23)(H,22,24). The first-order valence-corrected chi connectivity index (χ1v) is 7.97. The summed E-state index contributed by atoms with van der Waals surface area (Å²) in [5.74, 6) is 0. The van der Waals surface area contributed by atoms with E-state index < -0.39 is 0 Å². The number of aromatic nitrogens is 3. The largest absolute Gasteiger partial charge is 0.381 e. The normalized spacial score (nSPS) is 11.2. The van der Waals surface area contributed by atoms with Crippen molar-refractivity contribution in [3.05, 3.63) is 69.1 Å². The van der Waals surface area contributed by atoms with Gasteiger partial charge in [0.15, 0.2) is 0 Å². The molecule has 24 heavy (non-hydrogen) atoms. The minimum Gasteiger partial charge on any atom is -0.381 e. The number of pyridine rings is 1. The topological polar surface area (TPSA) is 73.6 Å². The molecule has 5 nitrogen and oxygen atoms in total. The van der Waals surface area contributed by atoms with Crippen molar-refractivity contribution in [2.45, 2.75) is 13.5 Å². The molecule has 6 heteroatoms. The molecule has 0 radical (unpaired) electrons. The van der Waals surface area contributed by atoms with E-state index in [0.717, 1.165) is 33.1 Å². The number of halogens is 1. The quantitative estimate of drug-likeness (QED) is 0.529. The number of benzene rings is 2. The van der Waals surface area contributed by atoms with Crippen LogP contribution in [0.2, 0.25) is 5.02 Å². The van der Waals surface area contributed by atoms with Gasteiger partial charge in [0.05, 0.1) is 11.7 Å². The van der Waals surface area contributed by atoms with Gasteiger partial charge in [0.25, 0.3) is 5.56 Å². The van der Waals surface area contributed by atoms with Gasteiger partial charge in [0, 0.05) is 39.1 Å². The van der Waals surface area contributed by atoms with E-state index in [1.807, 2.05) is 37.3 Å². The molecule has 0 atom stereocenters. The highest BCUT2D eigenvalue weighted by molar-refractivity contribution is 6.31. The van der Waals surface area contributed by atoms with Crippen LogP contribution in [0.25, 0.3) is 21.8 Å². The van der Waals surface area contributed by atoms with Crippen molar-refractivity contribution in [1.82, 2.24) is 15.2 Å². The first-order chi connectivity index (χ1) is 11.6. The summed E-state index contributed by atoms with van der Waals surface area (Å²) in [6.07, 6.45) is 1.79. The molecule has 0 spiro atoms. The maximum atomic E-state index is 12.2. The van der Waals surface area contributed by atoms with E-state index in [4.69, 9.17) is 11.6 Å². The Hall–Kier alpha value is -2.79. The lowest BCUT2D eigenvalue weighted by molar-refractivity contribution is 1.09. The lowest BCUT2D eigenvalue weighted by Crippen LogP contribution is -2.15. The van der Waals surface area contributed by atoms with Crippen LogP contribution in [0.15, 0.2) is 47.4 Å². The minimum atomic E-state index is -0.0987. The van der Waals surface area contributed by atoms with E-state index in [1.54, 1.807) is 12.3 Å². The summed E-state index contributed by atoms with van der Waals surface area (Å²) in [5, 5.41) is 12.9. The number of fused-ring (bicyclic) bond motifs is 2. The Morgan fingerprint density at radius 3 is 2.92 bits per heavy atom. The minimum absolute atomic E-state index is 0.0987. The van der Waals surface area contributed by atoms with Gasteiger partial charge < -0.3 is 10.3 Å². The summed E-state index contributed by atoms with van der Waals surface area (Å²) in [7, 11) is 0. The lowest BCUT2D eigenvalue weighted by Gasteiger charge is -2.09. The maximum absolute atomic E-state index is 12.2. The molecule has 2 heterocycles. The fourth-order valence-corrected chi connectivity index (χ4v) is 3.07. The van der Waals surface area contributed by atoms with Gasteiger partial charge in [-0.3, -0.25) is 9.89 Å². The van der Waals surface area contributed by atoms with Crippen molar-refractivity contribution in [2.24, 2.45) is 0 Å².